The molecule has 3 aromatic rings. The highest BCUT2D eigenvalue weighted by Crippen LogP contribution is 2.37. The summed E-state index contributed by atoms with van der Waals surface area (Å²) in [5.41, 5.74) is 2.34. The van der Waals surface area contributed by atoms with Gasteiger partial charge in [-0.3, -0.25) is 0 Å². The predicted molar refractivity (Wildman–Crippen MR) is 122 cm³/mol. The summed E-state index contributed by atoms with van der Waals surface area (Å²) in [5, 5.41) is 19.8. The third-order valence-electron chi connectivity index (χ3n) is 4.66. The zero-order valence-electron chi connectivity index (χ0n) is 18.1. The molecule has 3 rings (SSSR count). The lowest BCUT2D eigenvalue weighted by Gasteiger charge is -2.13. The van der Waals surface area contributed by atoms with Crippen LogP contribution < -0.4 is 4.74 Å². The number of nitrogens with zero attached hydrogens (tertiary/aromatic N) is 1. The van der Waals surface area contributed by atoms with Gasteiger partial charge in [0.25, 0.3) is 0 Å². The number of rotatable bonds is 4. The van der Waals surface area contributed by atoms with Gasteiger partial charge in [-0.25, -0.2) is 13.8 Å². The van der Waals surface area contributed by atoms with Gasteiger partial charge in [0.1, 0.15) is 23.1 Å². The zero-order valence-corrected chi connectivity index (χ0v) is 19.7. The first-order valence-electron chi connectivity index (χ1n) is 9.75. The van der Waals surface area contributed by atoms with Gasteiger partial charge in [0, 0.05) is 23.4 Å². The third-order valence-corrected chi connectivity index (χ3v) is 5.27. The molecule has 0 atom stereocenters. The highest BCUT2D eigenvalue weighted by atomic mass is 79.9. The van der Waals surface area contributed by atoms with E-state index in [0.717, 1.165) is 0 Å². The Labute approximate surface area is 189 Å². The summed E-state index contributed by atoms with van der Waals surface area (Å²) in [6.07, 6.45) is 1.56. The van der Waals surface area contributed by atoms with Gasteiger partial charge in [-0.05, 0) is 69.2 Å². The highest BCUT2D eigenvalue weighted by Gasteiger charge is 2.15. The Morgan fingerprint density at radius 3 is 1.97 bits per heavy atom. The maximum Gasteiger partial charge on any atom is 0.213 e. The van der Waals surface area contributed by atoms with Crippen LogP contribution in [0.1, 0.15) is 50.7 Å². The molecule has 1 aromatic heterocycles. The summed E-state index contributed by atoms with van der Waals surface area (Å²) in [5.74, 6) is 0.120. The molecular formula is C24H26BrF2NO3. The molecule has 0 unspecified atom stereocenters. The molecule has 0 aliphatic rings. The Hall–Kier alpha value is -2.67. The van der Waals surface area contributed by atoms with Gasteiger partial charge >= 0.3 is 0 Å². The fourth-order valence-electron chi connectivity index (χ4n) is 3.00. The van der Waals surface area contributed by atoms with Crippen molar-refractivity contribution in [1.82, 2.24) is 4.98 Å². The van der Waals surface area contributed by atoms with Crippen molar-refractivity contribution < 1.29 is 23.7 Å². The second kappa shape index (κ2) is 10.6. The van der Waals surface area contributed by atoms with Gasteiger partial charge in [-0.1, -0.05) is 27.7 Å². The Balaban J connectivity index is 0.000000245. The molecule has 1 heterocycles. The topological polar surface area (TPSA) is 62.6 Å². The van der Waals surface area contributed by atoms with E-state index in [4.69, 9.17) is 4.74 Å². The first-order chi connectivity index (χ1) is 14.5. The Kier molecular flexibility index (Phi) is 8.39. The second-order valence-electron chi connectivity index (χ2n) is 7.61. The molecule has 0 radical (unpaired) electrons. The molecule has 0 aliphatic heterocycles. The molecule has 0 spiro atoms. The van der Waals surface area contributed by atoms with E-state index in [0.29, 0.717) is 32.6 Å². The average molecular weight is 494 g/mol. The summed E-state index contributed by atoms with van der Waals surface area (Å²) in [6.45, 7) is 7.62. The number of aromatic hydroxyl groups is 2. The quantitative estimate of drug-likeness (QED) is 0.405. The van der Waals surface area contributed by atoms with Crippen molar-refractivity contribution in [3.8, 4) is 28.5 Å². The first kappa shape index (κ1) is 24.6. The van der Waals surface area contributed by atoms with Crippen molar-refractivity contribution >= 4 is 15.9 Å². The van der Waals surface area contributed by atoms with Crippen LogP contribution in [-0.2, 0) is 0 Å². The number of hydrogen-bond acceptors (Lipinski definition) is 4. The molecule has 0 aliphatic carbocycles. The summed E-state index contributed by atoms with van der Waals surface area (Å²) >= 11 is 3.08. The standard InChI is InChI=1S/C15H16FNO2.C9H10BrFO/c1-9(2)12-7-11(16)8-13(15(12)18)10-4-5-17-14(6-10)19-3;1-5(2)7-3-6(11)4-8(10)9(7)12/h4-9,18H,1-3H3;3-5,12H,1-2H3. The van der Waals surface area contributed by atoms with Crippen molar-refractivity contribution in [2.24, 2.45) is 0 Å². The molecule has 0 saturated carbocycles. The molecule has 2 N–H and O–H groups in total. The van der Waals surface area contributed by atoms with Crippen LogP contribution >= 0.6 is 15.9 Å². The van der Waals surface area contributed by atoms with Crippen molar-refractivity contribution in [2.75, 3.05) is 7.11 Å². The molecule has 2 aromatic carbocycles. The third kappa shape index (κ3) is 6.17. The Morgan fingerprint density at radius 2 is 1.42 bits per heavy atom. The van der Waals surface area contributed by atoms with Gasteiger partial charge in [0.15, 0.2) is 0 Å². The fraction of sp³-hybridized carbons (Fsp3) is 0.292. The minimum Gasteiger partial charge on any atom is -0.507 e. The molecule has 166 valence electrons. The number of phenolic OH excluding ortho intramolecular Hbond substituents is 2. The van der Waals surface area contributed by atoms with Crippen molar-refractivity contribution in [1.29, 1.82) is 0 Å². The lowest BCUT2D eigenvalue weighted by Crippen LogP contribution is -1.94. The van der Waals surface area contributed by atoms with E-state index < -0.39 is 0 Å². The lowest BCUT2D eigenvalue weighted by molar-refractivity contribution is 0.398. The molecule has 0 fully saturated rings. The van der Waals surface area contributed by atoms with Crippen LogP contribution in [0, 0.1) is 11.6 Å². The van der Waals surface area contributed by atoms with Crippen LogP contribution in [0.4, 0.5) is 8.78 Å². The van der Waals surface area contributed by atoms with E-state index in [-0.39, 0.29) is 35.0 Å². The van der Waals surface area contributed by atoms with E-state index in [2.05, 4.69) is 20.9 Å². The number of phenols is 2. The van der Waals surface area contributed by atoms with Gasteiger partial charge in [-0.15, -0.1) is 0 Å². The minimum absolute atomic E-state index is 0.0400. The Bertz CT molecular complexity index is 1060. The molecule has 0 amide bonds. The number of pyridine rings is 1. The van der Waals surface area contributed by atoms with Crippen LogP contribution in [-0.4, -0.2) is 22.3 Å². The number of methoxy groups -OCH3 is 1. The number of hydrogen-bond donors (Lipinski definition) is 2. The number of benzene rings is 2. The average Bonchev–Trinajstić information content (AvgIpc) is 2.72. The smallest absolute Gasteiger partial charge is 0.213 e. The SMILES string of the molecule is CC(C)c1cc(F)cc(Br)c1O.COc1cc(-c2cc(F)cc(C(C)C)c2O)ccn1. The van der Waals surface area contributed by atoms with Crippen LogP contribution in [0.2, 0.25) is 0 Å². The van der Waals surface area contributed by atoms with E-state index in [1.54, 1.807) is 18.3 Å². The van der Waals surface area contributed by atoms with E-state index >= 15 is 0 Å². The normalized spacial score (nSPS) is 10.8. The summed E-state index contributed by atoms with van der Waals surface area (Å²) in [7, 11) is 1.51. The molecule has 31 heavy (non-hydrogen) atoms. The zero-order chi connectivity index (χ0) is 23.3. The predicted octanol–water partition coefficient (Wildman–Crippen LogP) is 7.14. The van der Waals surface area contributed by atoms with Gasteiger partial charge in [0.05, 0.1) is 11.6 Å². The van der Waals surface area contributed by atoms with E-state index in [1.165, 1.54) is 31.4 Å². The number of halogens is 3. The van der Waals surface area contributed by atoms with Crippen molar-refractivity contribution in [3.05, 3.63) is 69.8 Å². The number of ether oxygens (including phenoxy) is 1. The van der Waals surface area contributed by atoms with Gasteiger partial charge in [0.2, 0.25) is 5.88 Å². The summed E-state index contributed by atoms with van der Waals surface area (Å²) in [4.78, 5) is 4.00. The first-order valence-corrected chi connectivity index (χ1v) is 10.5. The molecular weight excluding hydrogens is 468 g/mol. The summed E-state index contributed by atoms with van der Waals surface area (Å²) < 4.78 is 32.0. The van der Waals surface area contributed by atoms with Gasteiger partial charge in [-0.2, -0.15) is 0 Å². The van der Waals surface area contributed by atoms with E-state index in [1.807, 2.05) is 27.7 Å². The van der Waals surface area contributed by atoms with Crippen LogP contribution in [0.3, 0.4) is 0 Å². The molecule has 0 bridgehead atoms. The number of aromatic nitrogens is 1. The minimum atomic E-state index is -0.368. The fourth-order valence-corrected chi connectivity index (χ4v) is 3.44. The van der Waals surface area contributed by atoms with Crippen LogP contribution in [0.15, 0.2) is 47.1 Å². The Morgan fingerprint density at radius 1 is 0.871 bits per heavy atom. The van der Waals surface area contributed by atoms with Crippen molar-refractivity contribution in [2.45, 2.75) is 39.5 Å². The maximum absolute atomic E-state index is 13.7. The second-order valence-corrected chi connectivity index (χ2v) is 8.47. The van der Waals surface area contributed by atoms with Crippen LogP contribution in [0.5, 0.6) is 17.4 Å². The largest absolute Gasteiger partial charge is 0.507 e. The molecule has 4 nitrogen and oxygen atoms in total. The van der Waals surface area contributed by atoms with Crippen LogP contribution in [0.25, 0.3) is 11.1 Å². The summed E-state index contributed by atoms with van der Waals surface area (Å²) in [6, 6.07) is 8.66. The monoisotopic (exact) mass is 493 g/mol. The van der Waals surface area contributed by atoms with E-state index in [9.17, 15) is 19.0 Å². The molecule has 7 heteroatoms. The highest BCUT2D eigenvalue weighted by molar-refractivity contribution is 9.10. The maximum atomic E-state index is 13.7. The molecule has 0 saturated heterocycles. The lowest BCUT2D eigenvalue weighted by atomic mass is 9.96. The van der Waals surface area contributed by atoms with Gasteiger partial charge < -0.3 is 14.9 Å². The van der Waals surface area contributed by atoms with Crippen molar-refractivity contribution in [3.63, 3.8) is 0 Å².